The van der Waals surface area contributed by atoms with Gasteiger partial charge in [-0.25, -0.2) is 4.79 Å². The van der Waals surface area contributed by atoms with Gasteiger partial charge in [-0.15, -0.1) is 0 Å². The van der Waals surface area contributed by atoms with E-state index < -0.39 is 0 Å². The van der Waals surface area contributed by atoms with Gasteiger partial charge in [0.25, 0.3) is 0 Å². The molecule has 0 radical (unpaired) electrons. The molecule has 0 aliphatic carbocycles. The Bertz CT molecular complexity index is 790. The molecule has 3 heteroatoms. The van der Waals surface area contributed by atoms with Gasteiger partial charge in [0.1, 0.15) is 6.04 Å². The number of carbonyl (C=O) groups is 1. The van der Waals surface area contributed by atoms with Gasteiger partial charge in [0.05, 0.1) is 6.61 Å². The monoisotopic (exact) mass is 293 g/mol. The van der Waals surface area contributed by atoms with Crippen LogP contribution in [0.3, 0.4) is 0 Å². The van der Waals surface area contributed by atoms with Gasteiger partial charge in [-0.05, 0) is 31.5 Å². The van der Waals surface area contributed by atoms with E-state index >= 15 is 0 Å². The van der Waals surface area contributed by atoms with Crippen LogP contribution in [0.4, 0.5) is 0 Å². The van der Waals surface area contributed by atoms with Crippen molar-refractivity contribution in [2.75, 3.05) is 6.61 Å². The highest BCUT2D eigenvalue weighted by atomic mass is 16.5. The lowest BCUT2D eigenvalue weighted by molar-refractivity contribution is -0.146. The third-order valence-corrected chi connectivity index (χ3v) is 3.83. The van der Waals surface area contributed by atoms with Gasteiger partial charge in [-0.2, -0.15) is 0 Å². The Balaban J connectivity index is 2.20. The summed E-state index contributed by atoms with van der Waals surface area (Å²) in [6.07, 6.45) is 0. The molecule has 0 spiro atoms. The molecule has 1 atom stereocenters. The molecular formula is C19H19NO2. The summed E-state index contributed by atoms with van der Waals surface area (Å²) in [5.74, 6) is -0.207. The van der Waals surface area contributed by atoms with Crippen LogP contribution in [0.2, 0.25) is 0 Å². The summed E-state index contributed by atoms with van der Waals surface area (Å²) in [6, 6.07) is 20.0. The number of ether oxygens (including phenoxy) is 1. The molecule has 0 bridgehead atoms. The third kappa shape index (κ3) is 2.50. The summed E-state index contributed by atoms with van der Waals surface area (Å²) < 4.78 is 7.27. The van der Waals surface area contributed by atoms with E-state index in [1.807, 2.05) is 50.2 Å². The molecule has 0 amide bonds. The average molecular weight is 293 g/mol. The van der Waals surface area contributed by atoms with Crippen molar-refractivity contribution in [2.24, 2.45) is 0 Å². The molecule has 112 valence electrons. The van der Waals surface area contributed by atoms with Crippen molar-refractivity contribution in [3.05, 3.63) is 60.7 Å². The summed E-state index contributed by atoms with van der Waals surface area (Å²) >= 11 is 0. The average Bonchev–Trinajstić information content (AvgIpc) is 2.94. The van der Waals surface area contributed by atoms with Crippen LogP contribution >= 0.6 is 0 Å². The maximum Gasteiger partial charge on any atom is 0.328 e. The van der Waals surface area contributed by atoms with E-state index in [1.54, 1.807) is 0 Å². The maximum absolute atomic E-state index is 12.2. The number of hydrogen-bond donors (Lipinski definition) is 0. The quantitative estimate of drug-likeness (QED) is 0.666. The standard InChI is InChI=1S/C19H19NO2/c1-3-22-19(21)14(2)20-17-12-8-7-11-16(17)13-18(20)15-9-5-4-6-10-15/h4-14H,3H2,1-2H3. The molecule has 1 unspecified atom stereocenters. The third-order valence-electron chi connectivity index (χ3n) is 3.83. The molecular weight excluding hydrogens is 274 g/mol. The Labute approximate surface area is 130 Å². The Kier molecular flexibility index (Phi) is 3.96. The highest BCUT2D eigenvalue weighted by Gasteiger charge is 2.21. The lowest BCUT2D eigenvalue weighted by Crippen LogP contribution is -2.19. The predicted molar refractivity (Wildman–Crippen MR) is 88.7 cm³/mol. The smallest absolute Gasteiger partial charge is 0.328 e. The number of aromatic nitrogens is 1. The zero-order valence-electron chi connectivity index (χ0n) is 12.8. The summed E-state index contributed by atoms with van der Waals surface area (Å²) in [4.78, 5) is 12.2. The molecule has 1 aromatic heterocycles. The minimum absolute atomic E-state index is 0.207. The second kappa shape index (κ2) is 6.06. The van der Waals surface area contributed by atoms with Gasteiger partial charge in [-0.3, -0.25) is 0 Å². The fourth-order valence-electron chi connectivity index (χ4n) is 2.79. The molecule has 22 heavy (non-hydrogen) atoms. The Morgan fingerprint density at radius 2 is 1.77 bits per heavy atom. The van der Waals surface area contributed by atoms with E-state index in [1.165, 1.54) is 0 Å². The van der Waals surface area contributed by atoms with Crippen LogP contribution < -0.4 is 0 Å². The van der Waals surface area contributed by atoms with E-state index in [2.05, 4.69) is 28.8 Å². The molecule has 0 aliphatic heterocycles. The van der Waals surface area contributed by atoms with Crippen molar-refractivity contribution in [3.8, 4) is 11.3 Å². The first kappa shape index (κ1) is 14.4. The predicted octanol–water partition coefficient (Wildman–Crippen LogP) is 4.43. The summed E-state index contributed by atoms with van der Waals surface area (Å²) in [7, 11) is 0. The number of rotatable bonds is 4. The minimum Gasteiger partial charge on any atom is -0.464 e. The Hall–Kier alpha value is -2.55. The first-order chi connectivity index (χ1) is 10.7. The number of para-hydroxylation sites is 1. The van der Waals surface area contributed by atoms with Crippen LogP contribution in [-0.2, 0) is 9.53 Å². The Morgan fingerprint density at radius 3 is 2.50 bits per heavy atom. The van der Waals surface area contributed by atoms with Crippen molar-refractivity contribution in [3.63, 3.8) is 0 Å². The normalized spacial score (nSPS) is 12.3. The van der Waals surface area contributed by atoms with E-state index in [-0.39, 0.29) is 12.0 Å². The van der Waals surface area contributed by atoms with Crippen molar-refractivity contribution < 1.29 is 9.53 Å². The van der Waals surface area contributed by atoms with Crippen LogP contribution in [0, 0.1) is 0 Å². The van der Waals surface area contributed by atoms with Gasteiger partial charge in [0.2, 0.25) is 0 Å². The van der Waals surface area contributed by atoms with Crippen LogP contribution in [0.1, 0.15) is 19.9 Å². The zero-order valence-corrected chi connectivity index (χ0v) is 12.8. The fraction of sp³-hybridized carbons (Fsp3) is 0.211. The SMILES string of the molecule is CCOC(=O)C(C)n1c(-c2ccccc2)cc2ccccc21. The molecule has 0 aliphatic rings. The van der Waals surface area contributed by atoms with Crippen LogP contribution in [-0.4, -0.2) is 17.1 Å². The lowest BCUT2D eigenvalue weighted by Gasteiger charge is -2.17. The topological polar surface area (TPSA) is 31.2 Å². The fourth-order valence-corrected chi connectivity index (χ4v) is 2.79. The van der Waals surface area contributed by atoms with Crippen molar-refractivity contribution >= 4 is 16.9 Å². The van der Waals surface area contributed by atoms with Gasteiger partial charge in [0, 0.05) is 16.6 Å². The second-order valence-electron chi connectivity index (χ2n) is 5.25. The van der Waals surface area contributed by atoms with Crippen molar-refractivity contribution in [2.45, 2.75) is 19.9 Å². The molecule has 3 nitrogen and oxygen atoms in total. The molecule has 3 rings (SSSR count). The molecule has 0 saturated carbocycles. The molecule has 1 heterocycles. The van der Waals surface area contributed by atoms with E-state index in [4.69, 9.17) is 4.74 Å². The van der Waals surface area contributed by atoms with Gasteiger partial charge >= 0.3 is 5.97 Å². The van der Waals surface area contributed by atoms with E-state index in [0.717, 1.165) is 22.2 Å². The van der Waals surface area contributed by atoms with Crippen molar-refractivity contribution in [1.82, 2.24) is 4.57 Å². The molecule has 0 saturated heterocycles. The van der Waals surface area contributed by atoms with Crippen LogP contribution in [0.15, 0.2) is 60.7 Å². The minimum atomic E-state index is -0.366. The zero-order chi connectivity index (χ0) is 15.5. The molecule has 0 N–H and O–H groups in total. The van der Waals surface area contributed by atoms with E-state index in [9.17, 15) is 4.79 Å². The number of fused-ring (bicyclic) bond motifs is 1. The highest BCUT2D eigenvalue weighted by Crippen LogP contribution is 2.31. The first-order valence-corrected chi connectivity index (χ1v) is 7.54. The Morgan fingerprint density at radius 1 is 1.09 bits per heavy atom. The number of benzene rings is 2. The molecule has 3 aromatic rings. The van der Waals surface area contributed by atoms with Gasteiger partial charge in [-0.1, -0.05) is 48.5 Å². The van der Waals surface area contributed by atoms with E-state index in [0.29, 0.717) is 6.61 Å². The van der Waals surface area contributed by atoms with Crippen LogP contribution in [0.5, 0.6) is 0 Å². The maximum atomic E-state index is 12.2. The molecule has 0 fully saturated rings. The highest BCUT2D eigenvalue weighted by molar-refractivity contribution is 5.89. The lowest BCUT2D eigenvalue weighted by atomic mass is 10.1. The van der Waals surface area contributed by atoms with Gasteiger partial charge in [0.15, 0.2) is 0 Å². The summed E-state index contributed by atoms with van der Waals surface area (Å²) in [5.41, 5.74) is 3.17. The summed E-state index contributed by atoms with van der Waals surface area (Å²) in [6.45, 7) is 4.11. The first-order valence-electron chi connectivity index (χ1n) is 7.54. The number of esters is 1. The summed E-state index contributed by atoms with van der Waals surface area (Å²) in [5, 5.41) is 1.12. The van der Waals surface area contributed by atoms with Gasteiger partial charge < -0.3 is 9.30 Å². The second-order valence-corrected chi connectivity index (χ2v) is 5.25. The number of nitrogens with zero attached hydrogens (tertiary/aromatic N) is 1. The van der Waals surface area contributed by atoms with Crippen LogP contribution in [0.25, 0.3) is 22.2 Å². The molecule has 2 aromatic carbocycles. The number of hydrogen-bond acceptors (Lipinski definition) is 2. The van der Waals surface area contributed by atoms with Crippen molar-refractivity contribution in [1.29, 1.82) is 0 Å². The number of carbonyl (C=O) groups excluding carboxylic acids is 1. The largest absolute Gasteiger partial charge is 0.464 e.